The first kappa shape index (κ1) is 52.2. The number of hydrogen-bond acceptors (Lipinski definition) is 4. The normalized spacial score (nSPS) is 13.6. The van der Waals surface area contributed by atoms with Crippen molar-refractivity contribution < 1.29 is 25.8 Å². The minimum absolute atomic E-state index is 0. The molecule has 10 rings (SSSR count). The number of hydrogen-bond donors (Lipinski definition) is 0. The van der Waals surface area contributed by atoms with Crippen LogP contribution in [0.15, 0.2) is 176 Å². The third-order valence-corrected chi connectivity index (χ3v) is 15.0. The maximum Gasteiger partial charge on any atom is 0.135 e. The number of nitrogens with zero attached hydrogens (tertiary/aromatic N) is 4. The van der Waals surface area contributed by atoms with Crippen LogP contribution in [0.1, 0.15) is 135 Å². The average molecular weight is 1150 g/mol. The fourth-order valence-corrected chi connectivity index (χ4v) is 10.2. The van der Waals surface area contributed by atoms with Gasteiger partial charge < -0.3 is 19.1 Å². The summed E-state index contributed by atoms with van der Waals surface area (Å²) in [7, 11) is 0. The molecule has 0 unspecified atom stereocenters. The van der Waals surface area contributed by atoms with Gasteiger partial charge in [-0.05, 0) is 97.0 Å². The van der Waals surface area contributed by atoms with Crippen LogP contribution >= 0.6 is 0 Å². The van der Waals surface area contributed by atoms with E-state index in [2.05, 4.69) is 293 Å². The molecule has 5 nitrogen and oxygen atoms in total. The molecule has 0 atom stereocenters. The summed E-state index contributed by atoms with van der Waals surface area (Å²) in [5.41, 5.74) is 13.6. The second-order valence-electron chi connectivity index (χ2n) is 24.0. The number of fused-ring (bicyclic) bond motifs is 3. The second-order valence-corrected chi connectivity index (χ2v) is 24.0. The maximum absolute atomic E-state index is 7.26. The Kier molecular flexibility index (Phi) is 13.8. The topological polar surface area (TPSA) is 33.5 Å². The molecular formula is C68H69N4OPt-3. The van der Waals surface area contributed by atoms with Crippen LogP contribution < -0.4 is 14.5 Å². The van der Waals surface area contributed by atoms with E-state index < -0.39 is 5.41 Å². The van der Waals surface area contributed by atoms with E-state index in [0.29, 0.717) is 11.5 Å². The monoisotopic (exact) mass is 1150 g/mol. The van der Waals surface area contributed by atoms with Gasteiger partial charge in [0.1, 0.15) is 5.82 Å². The van der Waals surface area contributed by atoms with Crippen molar-refractivity contribution in [2.75, 3.05) is 9.80 Å². The Morgan fingerprint density at radius 1 is 0.500 bits per heavy atom. The third kappa shape index (κ3) is 10.0. The fourth-order valence-electron chi connectivity index (χ4n) is 10.2. The summed E-state index contributed by atoms with van der Waals surface area (Å²) >= 11 is 0. The average Bonchev–Trinajstić information content (AvgIpc) is 3.97. The summed E-state index contributed by atoms with van der Waals surface area (Å²) in [6.45, 7) is 31.9. The zero-order valence-electron chi connectivity index (χ0n) is 45.3. The molecule has 0 N–H and O–H groups in total. The number of pyridine rings is 1. The van der Waals surface area contributed by atoms with Crippen molar-refractivity contribution >= 4 is 38.9 Å². The maximum atomic E-state index is 7.26. The number of benzene rings is 7. The molecule has 74 heavy (non-hydrogen) atoms. The Morgan fingerprint density at radius 3 is 1.65 bits per heavy atom. The van der Waals surface area contributed by atoms with Gasteiger partial charge in [0.15, 0.2) is 0 Å². The second kappa shape index (κ2) is 19.5. The van der Waals surface area contributed by atoms with Crippen molar-refractivity contribution in [1.29, 1.82) is 0 Å². The molecule has 7 aromatic carbocycles. The van der Waals surface area contributed by atoms with Crippen molar-refractivity contribution in [3.63, 3.8) is 0 Å². The van der Waals surface area contributed by atoms with Gasteiger partial charge in [-0.3, -0.25) is 0 Å². The van der Waals surface area contributed by atoms with Crippen LogP contribution in [0.2, 0.25) is 0 Å². The summed E-state index contributed by atoms with van der Waals surface area (Å²) in [5.74, 6) is 2.04. The fraction of sp³-hybridized carbons (Fsp3) is 0.265. The number of ether oxygens (including phenoxy) is 1. The third-order valence-electron chi connectivity index (χ3n) is 15.0. The first-order valence-corrected chi connectivity index (χ1v) is 25.8. The smallest absolute Gasteiger partial charge is 0.135 e. The predicted molar refractivity (Wildman–Crippen MR) is 306 cm³/mol. The van der Waals surface area contributed by atoms with Gasteiger partial charge in [-0.1, -0.05) is 216 Å². The molecule has 6 heteroatoms. The van der Waals surface area contributed by atoms with E-state index in [4.69, 9.17) is 9.72 Å². The minimum atomic E-state index is -0.400. The van der Waals surface area contributed by atoms with Gasteiger partial charge >= 0.3 is 0 Å². The Bertz CT molecular complexity index is 3480. The number of aromatic nitrogens is 2. The Labute approximate surface area is 455 Å². The van der Waals surface area contributed by atoms with Crippen molar-refractivity contribution in [3.05, 3.63) is 239 Å². The van der Waals surface area contributed by atoms with Crippen LogP contribution in [-0.4, -0.2) is 9.55 Å². The quantitative estimate of drug-likeness (QED) is 0.128. The summed E-state index contributed by atoms with van der Waals surface area (Å²) in [5, 5.41) is 2.29. The molecule has 0 aliphatic carbocycles. The van der Waals surface area contributed by atoms with Crippen LogP contribution in [0, 0.1) is 18.8 Å². The first-order chi connectivity index (χ1) is 34.6. The molecule has 2 aromatic heterocycles. The zero-order valence-corrected chi connectivity index (χ0v) is 47.6. The summed E-state index contributed by atoms with van der Waals surface area (Å²) in [6.07, 6.45) is 4.20. The van der Waals surface area contributed by atoms with E-state index in [1.165, 1.54) is 27.8 Å². The standard InChI is InChI=1S/C68H69N4O.Pt/c1-64(2,3)50-35-51(65(4,5)6)37-53(36-50)70-44-61(46-25-17-14-18-26-46)71(45-70)54-38-52(68(12,13)48-29-21-16-22-30-48)39-55(41-54)73-56-42-58(66(7,8)9)63-57-31-23-24-32-59(57)72(60(63)43-56)62-40-49(33-34-69-62)67(10,11)47-27-19-15-20-28-47;/h14-40,42,44-45H,1-13H3;/q-3;. The van der Waals surface area contributed by atoms with Gasteiger partial charge in [0.2, 0.25) is 0 Å². The van der Waals surface area contributed by atoms with E-state index in [9.17, 15) is 0 Å². The molecule has 1 aliphatic rings. The van der Waals surface area contributed by atoms with Crippen molar-refractivity contribution in [2.24, 2.45) is 0 Å². The van der Waals surface area contributed by atoms with E-state index in [0.717, 1.165) is 61.4 Å². The minimum Gasteiger partial charge on any atom is -0.509 e. The Morgan fingerprint density at radius 2 is 1.05 bits per heavy atom. The van der Waals surface area contributed by atoms with E-state index in [1.807, 2.05) is 6.20 Å². The molecule has 0 saturated heterocycles. The van der Waals surface area contributed by atoms with E-state index in [-0.39, 0.29) is 42.7 Å². The van der Waals surface area contributed by atoms with Crippen molar-refractivity contribution in [2.45, 2.75) is 117 Å². The first-order valence-electron chi connectivity index (χ1n) is 25.8. The molecule has 0 amide bonds. The van der Waals surface area contributed by atoms with Gasteiger partial charge in [0.25, 0.3) is 0 Å². The van der Waals surface area contributed by atoms with Crippen LogP contribution in [0.4, 0.5) is 11.4 Å². The van der Waals surface area contributed by atoms with Crippen LogP contribution in [0.5, 0.6) is 11.5 Å². The SMILES string of the molecule is CC(C)(C)c1cc(N2C=C(c3ccccc3)N(c3[c-]c(Oc4[c-]c5c(c(C(C)(C)C)c4)c4ccccc4n5-c4cc(C(C)(C)c5ccccc5)ccn4)cc(C(C)(C)c4ccccc4)c3)[CH-]2)cc(C(C)(C)C)c1.[Pt]. The van der Waals surface area contributed by atoms with Crippen molar-refractivity contribution in [3.8, 4) is 17.3 Å². The molecule has 0 saturated carbocycles. The summed E-state index contributed by atoms with van der Waals surface area (Å²) in [4.78, 5) is 9.64. The zero-order chi connectivity index (χ0) is 51.7. The van der Waals surface area contributed by atoms with E-state index >= 15 is 0 Å². The molecule has 3 heterocycles. The number of anilines is 2. The van der Waals surface area contributed by atoms with Gasteiger partial charge in [-0.25, -0.2) is 4.98 Å². The number of para-hydroxylation sites is 1. The van der Waals surface area contributed by atoms with Gasteiger partial charge in [-0.2, -0.15) is 0 Å². The molecule has 0 spiro atoms. The molecule has 0 radical (unpaired) electrons. The van der Waals surface area contributed by atoms with Gasteiger partial charge in [0, 0.05) is 61.1 Å². The molecule has 1 aliphatic heterocycles. The Balaban J connectivity index is 0.00000672. The molecule has 0 fully saturated rings. The predicted octanol–water partition coefficient (Wildman–Crippen LogP) is 17.6. The van der Waals surface area contributed by atoms with Crippen molar-refractivity contribution in [1.82, 2.24) is 9.55 Å². The molecule has 0 bridgehead atoms. The van der Waals surface area contributed by atoms with Crippen LogP contribution in [0.25, 0.3) is 33.3 Å². The summed E-state index contributed by atoms with van der Waals surface area (Å²) in [6, 6.07) is 66.5. The Hall–Kier alpha value is -6.68. The van der Waals surface area contributed by atoms with E-state index in [1.54, 1.807) is 0 Å². The van der Waals surface area contributed by atoms with Crippen LogP contribution in [0.3, 0.4) is 0 Å². The van der Waals surface area contributed by atoms with Gasteiger partial charge in [-0.15, -0.1) is 53.8 Å². The molecular weight excluding hydrogens is 1080 g/mol. The van der Waals surface area contributed by atoms with Crippen LogP contribution in [-0.2, 0) is 48.1 Å². The molecule has 9 aromatic rings. The molecule has 380 valence electrons. The van der Waals surface area contributed by atoms with Gasteiger partial charge in [0.05, 0.1) is 0 Å². The largest absolute Gasteiger partial charge is 0.509 e. The number of rotatable bonds is 10. The summed E-state index contributed by atoms with van der Waals surface area (Å²) < 4.78 is 9.53.